The lowest BCUT2D eigenvalue weighted by Crippen LogP contribution is -2.29. The molecular weight excluding hydrogens is 506 g/mol. The van der Waals surface area contributed by atoms with Gasteiger partial charge in [-0.25, -0.2) is 0 Å². The van der Waals surface area contributed by atoms with E-state index in [0.29, 0.717) is 33.3 Å². The van der Waals surface area contributed by atoms with E-state index in [1.165, 1.54) is 16.2 Å². The number of nitrogens with zero attached hydrogens (tertiary/aromatic N) is 3. The first-order valence-corrected chi connectivity index (χ1v) is 12.0. The summed E-state index contributed by atoms with van der Waals surface area (Å²) in [6.07, 6.45) is 0.756. The van der Waals surface area contributed by atoms with E-state index >= 15 is 0 Å². The molecule has 0 spiro atoms. The number of anilines is 1. The molecule has 2 aromatic heterocycles. The molecule has 7 nitrogen and oxygen atoms in total. The summed E-state index contributed by atoms with van der Waals surface area (Å²) in [5, 5.41) is 10.3. The van der Waals surface area contributed by atoms with Gasteiger partial charge in [-0.1, -0.05) is 53.2 Å². The van der Waals surface area contributed by atoms with Crippen molar-refractivity contribution >= 4 is 49.3 Å². The smallest absolute Gasteiger partial charge is 0.297 e. The molecule has 5 rings (SSSR count). The van der Waals surface area contributed by atoms with E-state index in [9.17, 15) is 9.59 Å². The number of methoxy groups -OCH3 is 1. The third kappa shape index (κ3) is 3.75. The lowest BCUT2D eigenvalue weighted by Gasteiger charge is -2.22. The number of benzene rings is 2. The van der Waals surface area contributed by atoms with E-state index in [2.05, 4.69) is 40.0 Å². The van der Waals surface area contributed by atoms with Crippen LogP contribution in [0.25, 0.3) is 11.0 Å². The Hall–Kier alpha value is -3.04. The topological polar surface area (TPSA) is 85.5 Å². The van der Waals surface area contributed by atoms with Crippen LogP contribution in [0.1, 0.15) is 46.6 Å². The van der Waals surface area contributed by atoms with E-state index in [1.807, 2.05) is 24.3 Å². The Morgan fingerprint density at radius 3 is 2.76 bits per heavy atom. The zero-order chi connectivity index (χ0) is 23.3. The number of ether oxygens (including phenoxy) is 1. The molecule has 0 aliphatic carbocycles. The van der Waals surface area contributed by atoms with E-state index in [0.717, 1.165) is 21.5 Å². The van der Waals surface area contributed by atoms with Crippen LogP contribution < -0.4 is 15.1 Å². The Morgan fingerprint density at radius 2 is 2.00 bits per heavy atom. The summed E-state index contributed by atoms with van der Waals surface area (Å²) in [7, 11) is 1.58. The van der Waals surface area contributed by atoms with E-state index in [-0.39, 0.29) is 11.2 Å². The third-order valence-corrected chi connectivity index (χ3v) is 6.92. The molecule has 9 heteroatoms. The lowest BCUT2D eigenvalue weighted by molar-refractivity contribution is 0.0970. The Bertz CT molecular complexity index is 1450. The van der Waals surface area contributed by atoms with Gasteiger partial charge in [-0.3, -0.25) is 14.5 Å². The molecule has 0 radical (unpaired) electrons. The van der Waals surface area contributed by atoms with Crippen molar-refractivity contribution in [3.63, 3.8) is 0 Å². The second-order valence-electron chi connectivity index (χ2n) is 8.25. The fourth-order valence-electron chi connectivity index (χ4n) is 4.04. The van der Waals surface area contributed by atoms with Crippen LogP contribution in [0.5, 0.6) is 5.75 Å². The number of carbonyl (C=O) groups excluding carboxylic acids is 1. The molecule has 3 heterocycles. The monoisotopic (exact) mass is 525 g/mol. The molecule has 1 unspecified atom stereocenters. The van der Waals surface area contributed by atoms with Gasteiger partial charge >= 0.3 is 0 Å². The molecule has 0 saturated heterocycles. The van der Waals surface area contributed by atoms with Crippen LogP contribution in [-0.2, 0) is 6.42 Å². The maximum Gasteiger partial charge on any atom is 0.297 e. The van der Waals surface area contributed by atoms with Crippen LogP contribution in [0, 0.1) is 5.92 Å². The van der Waals surface area contributed by atoms with Crippen LogP contribution in [0.4, 0.5) is 5.13 Å². The van der Waals surface area contributed by atoms with Gasteiger partial charge in [0.15, 0.2) is 5.43 Å². The molecule has 1 atom stereocenters. The number of aromatic nitrogens is 2. The average molecular weight is 526 g/mol. The first kappa shape index (κ1) is 21.8. The van der Waals surface area contributed by atoms with Gasteiger partial charge in [0.25, 0.3) is 5.91 Å². The highest BCUT2D eigenvalue weighted by molar-refractivity contribution is 9.10. The number of halogens is 1. The molecule has 0 fully saturated rings. The molecule has 33 heavy (non-hydrogen) atoms. The van der Waals surface area contributed by atoms with Crippen LogP contribution in [0.3, 0.4) is 0 Å². The molecule has 168 valence electrons. The molecule has 0 N–H and O–H groups in total. The van der Waals surface area contributed by atoms with E-state index < -0.39 is 11.9 Å². The number of amides is 1. The molecule has 1 aliphatic rings. The van der Waals surface area contributed by atoms with Crippen LogP contribution in [0.2, 0.25) is 0 Å². The Kier molecular flexibility index (Phi) is 5.54. The van der Waals surface area contributed by atoms with Gasteiger partial charge in [0.1, 0.15) is 16.3 Å². The van der Waals surface area contributed by atoms with Gasteiger partial charge in [-0.2, -0.15) is 0 Å². The first-order chi connectivity index (χ1) is 15.9. The predicted octanol–water partition coefficient (Wildman–Crippen LogP) is 5.36. The molecule has 0 saturated carbocycles. The van der Waals surface area contributed by atoms with Crippen molar-refractivity contribution in [3.8, 4) is 5.75 Å². The summed E-state index contributed by atoms with van der Waals surface area (Å²) in [5.41, 5.74) is 1.13. The number of fused-ring (bicyclic) bond motifs is 2. The van der Waals surface area contributed by atoms with Crippen molar-refractivity contribution in [1.82, 2.24) is 10.2 Å². The SMILES string of the molecule is COc1cccc(C2c3c(oc4ccc(Br)cc4c3=O)C(=O)N2c2nnc(CC(C)C)s2)c1. The van der Waals surface area contributed by atoms with E-state index in [4.69, 9.17) is 9.15 Å². The Morgan fingerprint density at radius 1 is 1.18 bits per heavy atom. The van der Waals surface area contributed by atoms with Gasteiger partial charge in [0, 0.05) is 10.9 Å². The highest BCUT2D eigenvalue weighted by Gasteiger charge is 2.45. The summed E-state index contributed by atoms with van der Waals surface area (Å²) in [6, 6.07) is 11.8. The summed E-state index contributed by atoms with van der Waals surface area (Å²) in [5.74, 6) is 0.646. The lowest BCUT2D eigenvalue weighted by atomic mass is 9.98. The maximum absolute atomic E-state index is 13.7. The molecule has 1 aliphatic heterocycles. The quantitative estimate of drug-likeness (QED) is 0.348. The second kappa shape index (κ2) is 8.39. The minimum absolute atomic E-state index is 0.0308. The fraction of sp³-hybridized carbons (Fsp3) is 0.250. The molecule has 2 aromatic carbocycles. The summed E-state index contributed by atoms with van der Waals surface area (Å²) in [4.78, 5) is 28.8. The van der Waals surface area contributed by atoms with Crippen LogP contribution in [0.15, 0.2) is 56.1 Å². The Labute approximate surface area is 202 Å². The standard InChI is InChI=1S/C24H20BrN3O4S/c1-12(2)9-18-26-27-24(33-18)28-20(13-5-4-6-15(10-13)31-3)19-21(29)16-11-14(25)7-8-17(16)32-22(19)23(28)30/h4-8,10-12,20H,9H2,1-3H3. The van der Waals surface area contributed by atoms with Gasteiger partial charge in [0.05, 0.1) is 24.1 Å². The van der Waals surface area contributed by atoms with Crippen LogP contribution in [-0.4, -0.2) is 23.2 Å². The predicted molar refractivity (Wildman–Crippen MR) is 130 cm³/mol. The largest absolute Gasteiger partial charge is 0.497 e. The molecule has 1 amide bonds. The van der Waals surface area contributed by atoms with Gasteiger partial charge < -0.3 is 9.15 Å². The minimum Gasteiger partial charge on any atom is -0.497 e. The summed E-state index contributed by atoms with van der Waals surface area (Å²) < 4.78 is 12.1. The van der Waals surface area contributed by atoms with Gasteiger partial charge in [-0.15, -0.1) is 10.2 Å². The van der Waals surface area contributed by atoms with E-state index in [1.54, 1.807) is 25.3 Å². The van der Waals surface area contributed by atoms with Gasteiger partial charge in [0.2, 0.25) is 10.9 Å². The molecule has 4 aromatic rings. The van der Waals surface area contributed by atoms with Crippen molar-refractivity contribution < 1.29 is 13.9 Å². The number of rotatable bonds is 5. The van der Waals surface area contributed by atoms with Crippen molar-refractivity contribution in [3.05, 3.63) is 79.1 Å². The van der Waals surface area contributed by atoms with Crippen LogP contribution >= 0.6 is 27.3 Å². The van der Waals surface area contributed by atoms with Crippen molar-refractivity contribution in [2.24, 2.45) is 5.92 Å². The Balaban J connectivity index is 1.75. The summed E-state index contributed by atoms with van der Waals surface area (Å²) in [6.45, 7) is 4.20. The number of carbonyl (C=O) groups is 1. The fourth-order valence-corrected chi connectivity index (χ4v) is 5.48. The minimum atomic E-state index is -0.706. The zero-order valence-corrected chi connectivity index (χ0v) is 20.6. The normalized spacial score (nSPS) is 15.5. The number of hydrogen-bond donors (Lipinski definition) is 0. The number of hydrogen-bond acceptors (Lipinski definition) is 7. The molecular formula is C24H20BrN3O4S. The average Bonchev–Trinajstić information content (AvgIpc) is 3.36. The summed E-state index contributed by atoms with van der Waals surface area (Å²) >= 11 is 4.77. The second-order valence-corrected chi connectivity index (χ2v) is 10.2. The van der Waals surface area contributed by atoms with Crippen molar-refractivity contribution in [2.45, 2.75) is 26.3 Å². The van der Waals surface area contributed by atoms with Crippen molar-refractivity contribution in [2.75, 3.05) is 12.0 Å². The van der Waals surface area contributed by atoms with Crippen molar-refractivity contribution in [1.29, 1.82) is 0 Å². The first-order valence-electron chi connectivity index (χ1n) is 10.4. The zero-order valence-electron chi connectivity index (χ0n) is 18.2. The van der Waals surface area contributed by atoms with Gasteiger partial charge in [-0.05, 0) is 41.8 Å². The highest BCUT2D eigenvalue weighted by Crippen LogP contribution is 2.43. The third-order valence-electron chi connectivity index (χ3n) is 5.49. The molecule has 0 bridgehead atoms. The maximum atomic E-state index is 13.7. The highest BCUT2D eigenvalue weighted by atomic mass is 79.9.